The maximum Gasteiger partial charge on any atom is 0.415 e. The van der Waals surface area contributed by atoms with Crippen molar-refractivity contribution in [3.05, 3.63) is 72.3 Å². The third-order valence-electron chi connectivity index (χ3n) is 4.18. The smallest absolute Gasteiger partial charge is 0.410 e. The Morgan fingerprint density at radius 3 is 2.83 bits per heavy atom. The molecule has 1 aliphatic rings. The summed E-state index contributed by atoms with van der Waals surface area (Å²) in [7, 11) is 1.69. The second-order valence-corrected chi connectivity index (χ2v) is 5.98. The molecule has 124 valence electrons. The minimum Gasteiger partial charge on any atom is -0.410 e. The Morgan fingerprint density at radius 2 is 2.08 bits per heavy atom. The number of likely N-dealkylation sites (N-methyl/N-ethyl adjacent to an activating group) is 1. The fraction of sp³-hybridized carbons (Fsp3) is 0.250. The van der Waals surface area contributed by atoms with Gasteiger partial charge in [-0.2, -0.15) is 0 Å². The third kappa shape index (κ3) is 3.59. The molecule has 1 amide bonds. The molecule has 0 bridgehead atoms. The van der Waals surface area contributed by atoms with Crippen LogP contribution in [-0.2, 0) is 13.0 Å². The third-order valence-corrected chi connectivity index (χ3v) is 4.18. The molecule has 1 aliphatic heterocycles. The Morgan fingerprint density at radius 1 is 1.29 bits per heavy atom. The molecule has 2 aromatic rings. The summed E-state index contributed by atoms with van der Waals surface area (Å²) in [6.07, 6.45) is 2.27. The van der Waals surface area contributed by atoms with Crippen LogP contribution in [0.1, 0.15) is 11.1 Å². The van der Waals surface area contributed by atoms with Crippen molar-refractivity contribution in [3.63, 3.8) is 0 Å². The molecule has 0 saturated heterocycles. The minimum absolute atomic E-state index is 0.367. The summed E-state index contributed by atoms with van der Waals surface area (Å²) >= 11 is 0. The lowest BCUT2D eigenvalue weighted by Crippen LogP contribution is -2.29. The van der Waals surface area contributed by atoms with Gasteiger partial charge in [-0.1, -0.05) is 36.4 Å². The van der Waals surface area contributed by atoms with Crippen molar-refractivity contribution in [1.29, 1.82) is 0 Å². The van der Waals surface area contributed by atoms with Gasteiger partial charge >= 0.3 is 6.09 Å². The predicted octanol–water partition coefficient (Wildman–Crippen LogP) is 3.87. The first-order chi connectivity index (χ1) is 11.7. The number of ether oxygens (including phenoxy) is 1. The van der Waals surface area contributed by atoms with Crippen LogP contribution < -0.4 is 9.64 Å². The molecule has 0 saturated carbocycles. The number of anilines is 1. The van der Waals surface area contributed by atoms with E-state index in [1.165, 1.54) is 21.7 Å². The molecule has 2 aromatic carbocycles. The van der Waals surface area contributed by atoms with E-state index in [-0.39, 0.29) is 6.09 Å². The van der Waals surface area contributed by atoms with Gasteiger partial charge < -0.3 is 14.5 Å². The number of benzene rings is 2. The van der Waals surface area contributed by atoms with Crippen LogP contribution in [-0.4, -0.2) is 31.1 Å². The van der Waals surface area contributed by atoms with Gasteiger partial charge in [-0.3, -0.25) is 0 Å². The van der Waals surface area contributed by atoms with Crippen LogP contribution in [0, 0.1) is 0 Å². The lowest BCUT2D eigenvalue weighted by Gasteiger charge is -2.20. The van der Waals surface area contributed by atoms with Crippen LogP contribution in [0.4, 0.5) is 10.5 Å². The summed E-state index contributed by atoms with van der Waals surface area (Å²) in [5, 5.41) is 0. The molecule has 0 N–H and O–H groups in total. The lowest BCUT2D eigenvalue weighted by atomic mass is 10.1. The Labute approximate surface area is 143 Å². The monoisotopic (exact) mass is 322 g/mol. The number of carbonyl (C=O) groups is 1. The summed E-state index contributed by atoms with van der Waals surface area (Å²) in [5.41, 5.74) is 3.74. The highest BCUT2D eigenvalue weighted by atomic mass is 16.6. The van der Waals surface area contributed by atoms with Crippen molar-refractivity contribution in [3.8, 4) is 5.75 Å². The maximum atomic E-state index is 12.0. The van der Waals surface area contributed by atoms with Crippen molar-refractivity contribution in [2.45, 2.75) is 13.0 Å². The van der Waals surface area contributed by atoms with Crippen molar-refractivity contribution in [2.75, 3.05) is 25.0 Å². The van der Waals surface area contributed by atoms with Gasteiger partial charge in [0.15, 0.2) is 0 Å². The molecule has 0 unspecified atom stereocenters. The van der Waals surface area contributed by atoms with Gasteiger partial charge in [0.1, 0.15) is 5.75 Å². The zero-order valence-corrected chi connectivity index (χ0v) is 13.9. The van der Waals surface area contributed by atoms with Crippen LogP contribution >= 0.6 is 0 Å². The first kappa shape index (κ1) is 16.1. The topological polar surface area (TPSA) is 32.8 Å². The molecule has 24 heavy (non-hydrogen) atoms. The fourth-order valence-corrected chi connectivity index (χ4v) is 2.92. The Balaban J connectivity index is 1.69. The molecular formula is C20H22N2O2. The standard InChI is InChI=1S/C20H22N2O2/c1-3-12-21(2)20(23)24-18-9-10-19-17(14-18)11-13-22(19)15-16-7-5-4-6-8-16/h3-10,14H,1,11-13,15H2,2H3. The molecule has 0 fully saturated rings. The highest BCUT2D eigenvalue weighted by Crippen LogP contribution is 2.32. The van der Waals surface area contributed by atoms with Gasteiger partial charge in [0.25, 0.3) is 0 Å². The maximum absolute atomic E-state index is 12.0. The first-order valence-electron chi connectivity index (χ1n) is 8.13. The number of amides is 1. The van der Waals surface area contributed by atoms with Crippen molar-refractivity contribution < 1.29 is 9.53 Å². The quantitative estimate of drug-likeness (QED) is 0.784. The van der Waals surface area contributed by atoms with E-state index in [9.17, 15) is 4.79 Å². The molecule has 3 rings (SSSR count). The molecule has 4 nitrogen and oxygen atoms in total. The van der Waals surface area contributed by atoms with Crippen LogP contribution in [0.2, 0.25) is 0 Å². The Hall–Kier alpha value is -2.75. The van der Waals surface area contributed by atoms with E-state index >= 15 is 0 Å². The molecular weight excluding hydrogens is 300 g/mol. The average Bonchev–Trinajstić information content (AvgIpc) is 2.98. The normalized spacial score (nSPS) is 12.6. The van der Waals surface area contributed by atoms with Gasteiger partial charge in [0.05, 0.1) is 0 Å². The van der Waals surface area contributed by atoms with E-state index in [4.69, 9.17) is 4.74 Å². The highest BCUT2D eigenvalue weighted by Gasteiger charge is 2.20. The Bertz CT molecular complexity index is 728. The summed E-state index contributed by atoms with van der Waals surface area (Å²) < 4.78 is 5.43. The van der Waals surface area contributed by atoms with Crippen LogP contribution in [0.25, 0.3) is 0 Å². The van der Waals surface area contributed by atoms with Gasteiger partial charge in [-0.05, 0) is 35.7 Å². The summed E-state index contributed by atoms with van der Waals surface area (Å²) in [5.74, 6) is 0.594. The molecule has 0 atom stereocenters. The van der Waals surface area contributed by atoms with E-state index in [2.05, 4.69) is 35.7 Å². The average molecular weight is 322 g/mol. The number of hydrogen-bond acceptors (Lipinski definition) is 3. The molecule has 0 radical (unpaired) electrons. The van der Waals surface area contributed by atoms with Crippen LogP contribution in [0.5, 0.6) is 5.75 Å². The SMILES string of the molecule is C=CCN(C)C(=O)Oc1ccc2c(c1)CCN2Cc1ccccc1. The fourth-order valence-electron chi connectivity index (χ4n) is 2.92. The van der Waals surface area contributed by atoms with E-state index in [1.807, 2.05) is 24.3 Å². The van der Waals surface area contributed by atoms with Gasteiger partial charge in [0.2, 0.25) is 0 Å². The first-order valence-corrected chi connectivity index (χ1v) is 8.13. The number of nitrogens with zero attached hydrogens (tertiary/aromatic N) is 2. The van der Waals surface area contributed by atoms with Crippen molar-refractivity contribution >= 4 is 11.8 Å². The second-order valence-electron chi connectivity index (χ2n) is 5.98. The molecule has 0 aromatic heterocycles. The molecule has 1 heterocycles. The van der Waals surface area contributed by atoms with Crippen molar-refractivity contribution in [1.82, 2.24) is 4.90 Å². The van der Waals surface area contributed by atoms with E-state index in [0.29, 0.717) is 12.3 Å². The second kappa shape index (κ2) is 7.21. The number of carbonyl (C=O) groups excluding carboxylic acids is 1. The number of hydrogen-bond donors (Lipinski definition) is 0. The number of rotatable bonds is 5. The summed E-state index contributed by atoms with van der Waals surface area (Å²) in [6, 6.07) is 16.3. The predicted molar refractivity (Wildman–Crippen MR) is 96.5 cm³/mol. The van der Waals surface area contributed by atoms with Gasteiger partial charge in [-0.15, -0.1) is 6.58 Å². The Kier molecular flexibility index (Phi) is 4.85. The zero-order valence-electron chi connectivity index (χ0n) is 13.9. The lowest BCUT2D eigenvalue weighted by molar-refractivity contribution is 0.167. The number of fused-ring (bicyclic) bond motifs is 1. The zero-order chi connectivity index (χ0) is 16.9. The minimum atomic E-state index is -0.367. The van der Waals surface area contributed by atoms with Crippen LogP contribution in [0.3, 0.4) is 0 Å². The largest absolute Gasteiger partial charge is 0.415 e. The molecule has 0 spiro atoms. The highest BCUT2D eigenvalue weighted by molar-refractivity contribution is 5.71. The van der Waals surface area contributed by atoms with Gasteiger partial charge in [0, 0.05) is 32.4 Å². The molecule has 4 heteroatoms. The summed E-state index contributed by atoms with van der Waals surface area (Å²) in [4.78, 5) is 15.8. The van der Waals surface area contributed by atoms with Crippen LogP contribution in [0.15, 0.2) is 61.2 Å². The van der Waals surface area contributed by atoms with E-state index in [1.54, 1.807) is 13.1 Å². The summed E-state index contributed by atoms with van der Waals surface area (Å²) in [6.45, 7) is 5.97. The molecule has 0 aliphatic carbocycles. The van der Waals surface area contributed by atoms with Gasteiger partial charge in [-0.25, -0.2) is 4.79 Å². The van der Waals surface area contributed by atoms with E-state index < -0.39 is 0 Å². The van der Waals surface area contributed by atoms with Crippen molar-refractivity contribution in [2.24, 2.45) is 0 Å². The van der Waals surface area contributed by atoms with E-state index in [0.717, 1.165) is 19.5 Å².